The molecule has 2 fully saturated rings. The molecule has 2 atom stereocenters. The first-order valence-electron chi connectivity index (χ1n) is 10.4. The van der Waals surface area contributed by atoms with Crippen LogP contribution in [-0.2, 0) is 4.79 Å². The summed E-state index contributed by atoms with van der Waals surface area (Å²) in [4.78, 5) is 26.3. The number of benzene rings is 2. The Bertz CT molecular complexity index is 971. The molecule has 2 aromatic carbocycles. The third-order valence-corrected chi connectivity index (χ3v) is 6.44. The summed E-state index contributed by atoms with van der Waals surface area (Å²) in [5.74, 6) is -3.80. The quantitative estimate of drug-likeness (QED) is 0.698. The molecular formula is C23H23F4N3O2. The number of nitrogens with one attached hydrogen (secondary N) is 2. The van der Waals surface area contributed by atoms with Crippen LogP contribution in [0, 0.1) is 5.82 Å². The average Bonchev–Trinajstić information content (AvgIpc) is 2.75. The van der Waals surface area contributed by atoms with Crippen LogP contribution in [0.5, 0.6) is 0 Å². The maximum atomic E-state index is 13.8. The topological polar surface area (TPSA) is 61.4 Å². The second kappa shape index (κ2) is 8.44. The van der Waals surface area contributed by atoms with Gasteiger partial charge in [-0.2, -0.15) is 13.2 Å². The number of carbonyl (C=O) groups excluding carboxylic acids is 2. The number of hydrogen-bond acceptors (Lipinski definition) is 2. The lowest BCUT2D eigenvalue weighted by atomic mass is 9.71. The van der Waals surface area contributed by atoms with Gasteiger partial charge in [-0.3, -0.25) is 4.79 Å². The number of piperidine rings is 1. The first kappa shape index (κ1) is 22.1. The van der Waals surface area contributed by atoms with Crippen molar-refractivity contribution in [1.29, 1.82) is 0 Å². The molecule has 9 heteroatoms. The van der Waals surface area contributed by atoms with Crippen molar-refractivity contribution in [3.63, 3.8) is 0 Å². The van der Waals surface area contributed by atoms with E-state index in [0.29, 0.717) is 19.4 Å². The van der Waals surface area contributed by atoms with Gasteiger partial charge >= 0.3 is 12.2 Å². The molecule has 3 amide bonds. The Morgan fingerprint density at radius 2 is 1.66 bits per heavy atom. The average molecular weight is 449 g/mol. The van der Waals surface area contributed by atoms with E-state index in [-0.39, 0.29) is 36.4 Å². The Labute approximate surface area is 182 Å². The van der Waals surface area contributed by atoms with E-state index in [4.69, 9.17) is 0 Å². The summed E-state index contributed by atoms with van der Waals surface area (Å²) in [6.45, 7) is 0.479. The lowest BCUT2D eigenvalue weighted by Gasteiger charge is -2.50. The molecule has 2 N–H and O–H groups in total. The maximum absolute atomic E-state index is 13.8. The van der Waals surface area contributed by atoms with Crippen LogP contribution < -0.4 is 10.6 Å². The molecule has 2 saturated heterocycles. The molecule has 2 heterocycles. The number of urea groups is 1. The number of likely N-dealkylation sites (tertiary alicyclic amines) is 1. The summed E-state index contributed by atoms with van der Waals surface area (Å²) < 4.78 is 54.7. The molecule has 1 spiro atoms. The van der Waals surface area contributed by atoms with Crippen molar-refractivity contribution in [2.45, 2.75) is 36.4 Å². The van der Waals surface area contributed by atoms with Crippen LogP contribution in [0.15, 0.2) is 54.6 Å². The highest BCUT2D eigenvalue weighted by molar-refractivity contribution is 5.85. The first-order chi connectivity index (χ1) is 15.2. The highest BCUT2D eigenvalue weighted by atomic mass is 19.4. The van der Waals surface area contributed by atoms with Gasteiger partial charge in [-0.25, -0.2) is 9.18 Å². The molecule has 170 valence electrons. The van der Waals surface area contributed by atoms with Crippen molar-refractivity contribution in [2.24, 2.45) is 0 Å². The molecule has 2 aromatic rings. The molecule has 2 aliphatic rings. The van der Waals surface area contributed by atoms with Gasteiger partial charge in [0.25, 0.3) is 0 Å². The van der Waals surface area contributed by atoms with Crippen LogP contribution >= 0.6 is 0 Å². The zero-order valence-electron chi connectivity index (χ0n) is 17.2. The molecule has 0 radical (unpaired) electrons. The Kier molecular flexibility index (Phi) is 5.83. The predicted molar refractivity (Wildman–Crippen MR) is 109 cm³/mol. The van der Waals surface area contributed by atoms with Crippen molar-refractivity contribution < 1.29 is 27.2 Å². The lowest BCUT2D eigenvalue weighted by molar-refractivity contribution is -0.173. The van der Waals surface area contributed by atoms with E-state index >= 15 is 0 Å². The highest BCUT2D eigenvalue weighted by Gasteiger charge is 2.51. The van der Waals surface area contributed by atoms with E-state index in [9.17, 15) is 27.2 Å². The highest BCUT2D eigenvalue weighted by Crippen LogP contribution is 2.41. The number of alkyl halides is 3. The van der Waals surface area contributed by atoms with Crippen LogP contribution in [0.2, 0.25) is 0 Å². The molecule has 4 rings (SSSR count). The maximum Gasteiger partial charge on any atom is 0.404 e. The molecule has 0 aliphatic carbocycles. The first-order valence-corrected chi connectivity index (χ1v) is 10.4. The summed E-state index contributed by atoms with van der Waals surface area (Å²) >= 11 is 0. The Balaban J connectivity index is 1.55. The third kappa shape index (κ3) is 4.28. The summed E-state index contributed by atoms with van der Waals surface area (Å²) in [6, 6.07) is 12.8. The number of rotatable bonds is 3. The molecule has 2 aliphatic heterocycles. The largest absolute Gasteiger partial charge is 0.404 e. The molecule has 0 aromatic heterocycles. The van der Waals surface area contributed by atoms with Crippen molar-refractivity contribution >= 4 is 11.9 Å². The summed E-state index contributed by atoms with van der Waals surface area (Å²) in [5.41, 5.74) is -0.00184. The summed E-state index contributed by atoms with van der Waals surface area (Å²) in [6.07, 6.45) is -4.12. The zero-order valence-corrected chi connectivity index (χ0v) is 17.2. The van der Waals surface area contributed by atoms with Crippen LogP contribution in [0.25, 0.3) is 0 Å². The fourth-order valence-corrected chi connectivity index (χ4v) is 4.78. The standard InChI is InChI=1S/C23H23F4N3O2/c24-17-8-6-15(7-9-17)18-14-28-21(32)29-22(18)10-12-30(13-11-22)20(31)19(23(25,26)27)16-4-2-1-3-5-16/h1-9,18-19H,10-14H2,(H2,28,29,32)/t18?,19-/m0/s1. The van der Waals surface area contributed by atoms with Crippen molar-refractivity contribution in [2.75, 3.05) is 19.6 Å². The fourth-order valence-electron chi connectivity index (χ4n) is 4.78. The molecule has 0 bridgehead atoms. The molecule has 32 heavy (non-hydrogen) atoms. The summed E-state index contributed by atoms with van der Waals surface area (Å²) in [5, 5.41) is 5.68. The van der Waals surface area contributed by atoms with Gasteiger partial charge in [0.1, 0.15) is 5.82 Å². The van der Waals surface area contributed by atoms with Gasteiger partial charge in [-0.05, 0) is 36.1 Å². The van der Waals surface area contributed by atoms with Crippen LogP contribution in [0.1, 0.15) is 35.8 Å². The Hall–Kier alpha value is -3.10. The lowest BCUT2D eigenvalue weighted by Crippen LogP contribution is -2.66. The number of nitrogens with zero attached hydrogens (tertiary/aromatic N) is 1. The number of halogens is 4. The van der Waals surface area contributed by atoms with Gasteiger partial charge in [-0.1, -0.05) is 42.5 Å². The SMILES string of the molecule is O=C1NCC(c2ccc(F)cc2)C2(CCN(C(=O)[C@H](c3ccccc3)C(F)(F)F)CC2)N1. The second-order valence-corrected chi connectivity index (χ2v) is 8.31. The normalized spacial score (nSPS) is 21.6. The van der Waals surface area contributed by atoms with Crippen molar-refractivity contribution in [3.05, 3.63) is 71.5 Å². The van der Waals surface area contributed by atoms with E-state index in [1.165, 1.54) is 41.3 Å². The van der Waals surface area contributed by atoms with E-state index < -0.39 is 23.5 Å². The van der Waals surface area contributed by atoms with Gasteiger partial charge in [0.15, 0.2) is 5.92 Å². The van der Waals surface area contributed by atoms with Gasteiger partial charge < -0.3 is 15.5 Å². The number of carbonyl (C=O) groups is 2. The minimum absolute atomic E-state index is 0.0796. The number of amides is 3. The molecule has 0 saturated carbocycles. The van der Waals surface area contributed by atoms with Gasteiger partial charge in [0.05, 0.1) is 5.54 Å². The molecule has 1 unspecified atom stereocenters. The number of hydrogen-bond donors (Lipinski definition) is 2. The second-order valence-electron chi connectivity index (χ2n) is 8.31. The molecule has 5 nitrogen and oxygen atoms in total. The van der Waals surface area contributed by atoms with E-state index in [0.717, 1.165) is 5.56 Å². The van der Waals surface area contributed by atoms with Gasteiger partial charge in [0, 0.05) is 25.6 Å². The van der Waals surface area contributed by atoms with Crippen LogP contribution in [0.4, 0.5) is 22.4 Å². The Morgan fingerprint density at radius 1 is 1.03 bits per heavy atom. The zero-order chi connectivity index (χ0) is 22.9. The minimum atomic E-state index is -4.72. The van der Waals surface area contributed by atoms with E-state index in [1.807, 2.05) is 0 Å². The minimum Gasteiger partial charge on any atom is -0.342 e. The van der Waals surface area contributed by atoms with Gasteiger partial charge in [-0.15, -0.1) is 0 Å². The van der Waals surface area contributed by atoms with Crippen molar-refractivity contribution in [1.82, 2.24) is 15.5 Å². The Morgan fingerprint density at radius 3 is 2.25 bits per heavy atom. The van der Waals surface area contributed by atoms with Crippen LogP contribution in [0.3, 0.4) is 0 Å². The predicted octanol–water partition coefficient (Wildman–Crippen LogP) is 3.93. The van der Waals surface area contributed by atoms with E-state index in [1.54, 1.807) is 18.2 Å². The van der Waals surface area contributed by atoms with Gasteiger partial charge in [0.2, 0.25) is 5.91 Å². The van der Waals surface area contributed by atoms with E-state index in [2.05, 4.69) is 10.6 Å². The van der Waals surface area contributed by atoms with Crippen LogP contribution in [-0.4, -0.2) is 48.2 Å². The summed E-state index contributed by atoms with van der Waals surface area (Å²) in [7, 11) is 0. The van der Waals surface area contributed by atoms with Crippen molar-refractivity contribution in [3.8, 4) is 0 Å². The third-order valence-electron chi connectivity index (χ3n) is 6.44. The smallest absolute Gasteiger partial charge is 0.342 e. The fraction of sp³-hybridized carbons (Fsp3) is 0.391. The monoisotopic (exact) mass is 449 g/mol. The molecular weight excluding hydrogens is 426 g/mol.